The monoisotopic (exact) mass is 442 g/mol. The summed E-state index contributed by atoms with van der Waals surface area (Å²) in [5.74, 6) is 0.777. The number of carbonyl (C=O) groups is 2. The highest BCUT2D eigenvalue weighted by Crippen LogP contribution is 2.33. The second-order valence-electron chi connectivity index (χ2n) is 7.38. The minimum Gasteiger partial charge on any atom is -0.484 e. The summed E-state index contributed by atoms with van der Waals surface area (Å²) < 4.78 is 6.76. The number of ether oxygens (including phenoxy) is 1. The summed E-state index contributed by atoms with van der Waals surface area (Å²) in [5, 5.41) is 2.90. The molecular weight excluding hydrogens is 420 g/mol. The van der Waals surface area contributed by atoms with E-state index in [1.54, 1.807) is 12.1 Å². The van der Waals surface area contributed by atoms with Crippen LogP contribution in [-0.2, 0) is 9.59 Å². The maximum absolute atomic E-state index is 12.8. The summed E-state index contributed by atoms with van der Waals surface area (Å²) in [6.45, 7) is 0.744. The van der Waals surface area contributed by atoms with Gasteiger partial charge < -0.3 is 15.0 Å². The number of anilines is 1. The van der Waals surface area contributed by atoms with E-state index in [4.69, 9.17) is 4.74 Å². The third-order valence-corrected chi connectivity index (χ3v) is 5.77. The van der Waals surface area contributed by atoms with Gasteiger partial charge in [-0.2, -0.15) is 0 Å². The third-order valence-electron chi connectivity index (χ3n) is 5.24. The van der Waals surface area contributed by atoms with Crippen LogP contribution in [0, 0.1) is 5.92 Å². The van der Waals surface area contributed by atoms with Crippen LogP contribution in [0.2, 0.25) is 0 Å². The Morgan fingerprint density at radius 1 is 1.11 bits per heavy atom. The Morgan fingerprint density at radius 2 is 1.89 bits per heavy atom. The van der Waals surface area contributed by atoms with E-state index in [1.807, 2.05) is 29.2 Å². The van der Waals surface area contributed by atoms with Crippen molar-refractivity contribution in [2.45, 2.75) is 31.7 Å². The first kappa shape index (κ1) is 19.0. The fourth-order valence-electron chi connectivity index (χ4n) is 3.58. The minimum atomic E-state index is -0.0159. The fraction of sp³-hybridized carbons (Fsp3) is 0.364. The minimum absolute atomic E-state index is 0.00689. The van der Waals surface area contributed by atoms with Crippen molar-refractivity contribution in [2.24, 2.45) is 5.92 Å². The Morgan fingerprint density at radius 3 is 2.64 bits per heavy atom. The molecule has 2 fully saturated rings. The zero-order valence-corrected chi connectivity index (χ0v) is 17.2. The Labute approximate surface area is 173 Å². The summed E-state index contributed by atoms with van der Waals surface area (Å²) in [6.07, 6.45) is 3.89. The van der Waals surface area contributed by atoms with Crippen molar-refractivity contribution in [2.75, 3.05) is 18.5 Å². The average molecular weight is 443 g/mol. The molecule has 4 rings (SSSR count). The highest BCUT2D eigenvalue weighted by Gasteiger charge is 2.30. The molecule has 0 bridgehead atoms. The van der Waals surface area contributed by atoms with E-state index in [0.717, 1.165) is 42.3 Å². The fourth-order valence-corrected chi connectivity index (χ4v) is 3.84. The van der Waals surface area contributed by atoms with Gasteiger partial charge in [0.15, 0.2) is 6.61 Å². The van der Waals surface area contributed by atoms with Gasteiger partial charge in [-0.1, -0.05) is 34.1 Å². The second-order valence-corrected chi connectivity index (χ2v) is 8.29. The van der Waals surface area contributed by atoms with E-state index < -0.39 is 0 Å². The van der Waals surface area contributed by atoms with Crippen molar-refractivity contribution in [3.63, 3.8) is 0 Å². The highest BCUT2D eigenvalue weighted by molar-refractivity contribution is 9.10. The number of benzene rings is 2. The van der Waals surface area contributed by atoms with Crippen molar-refractivity contribution in [3.8, 4) is 5.75 Å². The zero-order valence-electron chi connectivity index (χ0n) is 15.6. The maximum Gasteiger partial charge on any atom is 0.261 e. The van der Waals surface area contributed by atoms with Crippen molar-refractivity contribution in [1.82, 2.24) is 4.90 Å². The topological polar surface area (TPSA) is 58.6 Å². The van der Waals surface area contributed by atoms with Gasteiger partial charge in [-0.25, -0.2) is 0 Å². The molecular formula is C22H23BrN2O3. The Balaban J connectivity index is 1.35. The quantitative estimate of drug-likeness (QED) is 0.713. The number of hydrogen-bond acceptors (Lipinski definition) is 3. The Bertz CT molecular complexity index is 864. The molecule has 2 aliphatic rings. The van der Waals surface area contributed by atoms with E-state index >= 15 is 0 Å². The molecule has 1 N–H and O–H groups in total. The van der Waals surface area contributed by atoms with Crippen LogP contribution in [0.4, 0.5) is 5.69 Å². The summed E-state index contributed by atoms with van der Waals surface area (Å²) in [4.78, 5) is 26.6. The zero-order chi connectivity index (χ0) is 19.5. The Kier molecular flexibility index (Phi) is 5.67. The first-order chi connectivity index (χ1) is 13.6. The lowest BCUT2D eigenvalue weighted by molar-refractivity contribution is -0.134. The van der Waals surface area contributed by atoms with E-state index in [2.05, 4.69) is 33.4 Å². The molecule has 2 aromatic rings. The molecule has 1 saturated heterocycles. The maximum atomic E-state index is 12.8. The molecule has 1 atom stereocenters. The van der Waals surface area contributed by atoms with Gasteiger partial charge in [-0.05, 0) is 55.5 Å². The molecule has 2 amide bonds. The molecule has 1 aliphatic carbocycles. The van der Waals surface area contributed by atoms with Gasteiger partial charge in [0.25, 0.3) is 5.91 Å². The molecule has 6 heteroatoms. The van der Waals surface area contributed by atoms with E-state index in [9.17, 15) is 9.59 Å². The standard InChI is InChI=1S/C22H23BrN2O3/c23-17-10-8-15(9-11-17)20-5-2-12-25(20)21(26)14-28-19-4-1-3-18(13-19)24-22(27)16-6-7-16/h1,3-4,8-11,13,16,20H,2,5-7,12,14H2,(H,24,27). The van der Waals surface area contributed by atoms with Gasteiger partial charge in [0.1, 0.15) is 5.75 Å². The first-order valence-electron chi connectivity index (χ1n) is 9.69. The van der Waals surface area contributed by atoms with Crippen molar-refractivity contribution in [1.29, 1.82) is 0 Å². The lowest BCUT2D eigenvalue weighted by Gasteiger charge is -2.25. The van der Waals surface area contributed by atoms with E-state index in [-0.39, 0.29) is 30.4 Å². The molecule has 2 aromatic carbocycles. The van der Waals surface area contributed by atoms with Crippen LogP contribution >= 0.6 is 15.9 Å². The SMILES string of the molecule is O=C(Nc1cccc(OCC(=O)N2CCCC2c2ccc(Br)cc2)c1)C1CC1. The van der Waals surface area contributed by atoms with Crippen molar-refractivity contribution >= 4 is 33.4 Å². The lowest BCUT2D eigenvalue weighted by atomic mass is 10.0. The number of likely N-dealkylation sites (tertiary alicyclic amines) is 1. The van der Waals surface area contributed by atoms with Crippen LogP contribution < -0.4 is 10.1 Å². The van der Waals surface area contributed by atoms with Gasteiger partial charge >= 0.3 is 0 Å². The molecule has 0 spiro atoms. The van der Waals surface area contributed by atoms with Crippen LogP contribution in [0.3, 0.4) is 0 Å². The number of hydrogen-bond donors (Lipinski definition) is 1. The van der Waals surface area contributed by atoms with Gasteiger partial charge in [0.2, 0.25) is 5.91 Å². The molecule has 0 aromatic heterocycles. The van der Waals surface area contributed by atoms with Crippen LogP contribution in [0.1, 0.15) is 37.3 Å². The number of nitrogens with one attached hydrogen (secondary N) is 1. The average Bonchev–Trinajstić information content (AvgIpc) is 3.44. The van der Waals surface area contributed by atoms with Gasteiger partial charge in [0, 0.05) is 28.7 Å². The Hall–Kier alpha value is -2.34. The number of halogens is 1. The predicted molar refractivity (Wildman–Crippen MR) is 111 cm³/mol. The predicted octanol–water partition coefficient (Wildman–Crippen LogP) is 4.54. The lowest BCUT2D eigenvalue weighted by Crippen LogP contribution is -2.34. The van der Waals surface area contributed by atoms with Crippen molar-refractivity contribution in [3.05, 3.63) is 58.6 Å². The summed E-state index contributed by atoms with van der Waals surface area (Å²) in [5.41, 5.74) is 1.86. The molecule has 28 heavy (non-hydrogen) atoms. The van der Waals surface area contributed by atoms with Gasteiger partial charge in [0.05, 0.1) is 6.04 Å². The molecule has 5 nitrogen and oxygen atoms in total. The smallest absolute Gasteiger partial charge is 0.261 e. The van der Waals surface area contributed by atoms with Gasteiger partial charge in [-0.3, -0.25) is 9.59 Å². The number of nitrogens with zero attached hydrogens (tertiary/aromatic N) is 1. The number of amides is 2. The van der Waals surface area contributed by atoms with Crippen LogP contribution in [0.5, 0.6) is 5.75 Å². The normalized spacial score (nSPS) is 18.8. The van der Waals surface area contributed by atoms with Crippen LogP contribution in [0.15, 0.2) is 53.0 Å². The number of rotatable bonds is 6. The largest absolute Gasteiger partial charge is 0.484 e. The third kappa shape index (κ3) is 4.55. The highest BCUT2D eigenvalue weighted by atomic mass is 79.9. The molecule has 1 unspecified atom stereocenters. The second kappa shape index (κ2) is 8.35. The summed E-state index contributed by atoms with van der Waals surface area (Å²) in [6, 6.07) is 15.5. The van der Waals surface area contributed by atoms with E-state index in [1.165, 1.54) is 0 Å². The number of carbonyl (C=O) groups excluding carboxylic acids is 2. The van der Waals surface area contributed by atoms with E-state index in [0.29, 0.717) is 11.4 Å². The van der Waals surface area contributed by atoms with Crippen LogP contribution in [0.25, 0.3) is 0 Å². The summed E-state index contributed by atoms with van der Waals surface area (Å²) in [7, 11) is 0. The molecule has 1 heterocycles. The molecule has 0 radical (unpaired) electrons. The first-order valence-corrected chi connectivity index (χ1v) is 10.5. The van der Waals surface area contributed by atoms with Crippen molar-refractivity contribution < 1.29 is 14.3 Å². The molecule has 1 aliphatic heterocycles. The molecule has 1 saturated carbocycles. The summed E-state index contributed by atoms with van der Waals surface area (Å²) >= 11 is 3.45. The van der Waals surface area contributed by atoms with Gasteiger partial charge in [-0.15, -0.1) is 0 Å². The van der Waals surface area contributed by atoms with Crippen LogP contribution in [-0.4, -0.2) is 29.9 Å². The molecule has 146 valence electrons.